The Morgan fingerprint density at radius 2 is 1.86 bits per heavy atom. The Morgan fingerprint density at radius 1 is 1.09 bits per heavy atom. The van der Waals surface area contributed by atoms with Crippen molar-refractivity contribution in [3.63, 3.8) is 0 Å². The highest BCUT2D eigenvalue weighted by molar-refractivity contribution is 7.92. The highest BCUT2D eigenvalue weighted by atomic mass is 32.2. The maximum Gasteiger partial charge on any atom is 0.261 e. The van der Waals surface area contributed by atoms with Crippen molar-refractivity contribution >= 4 is 15.7 Å². The Bertz CT molecular complexity index is 855. The number of anilines is 1. The number of rotatable bonds is 4. The largest absolute Gasteiger partial charge is 0.291 e. The molecule has 0 saturated carbocycles. The zero-order chi connectivity index (χ0) is 15.6. The molecule has 0 aliphatic heterocycles. The number of aromatic nitrogens is 3. The lowest BCUT2D eigenvalue weighted by atomic mass is 10.2. The number of aryl methyl sites for hydroxylation is 1. The van der Waals surface area contributed by atoms with E-state index in [0.29, 0.717) is 11.5 Å². The molecule has 112 valence electrons. The first kappa shape index (κ1) is 14.3. The lowest BCUT2D eigenvalue weighted by Crippen LogP contribution is -2.13. The molecule has 1 aromatic carbocycles. The van der Waals surface area contributed by atoms with Crippen molar-refractivity contribution < 1.29 is 8.42 Å². The lowest BCUT2D eigenvalue weighted by molar-refractivity contribution is 0.601. The van der Waals surface area contributed by atoms with Gasteiger partial charge in [0.1, 0.15) is 12.1 Å². The van der Waals surface area contributed by atoms with E-state index >= 15 is 0 Å². The van der Waals surface area contributed by atoms with E-state index in [0.717, 1.165) is 5.56 Å². The Balaban J connectivity index is 1.82. The van der Waals surface area contributed by atoms with Crippen LogP contribution in [-0.4, -0.2) is 23.0 Å². The van der Waals surface area contributed by atoms with Gasteiger partial charge in [-0.15, -0.1) is 0 Å². The molecule has 0 spiro atoms. The smallest absolute Gasteiger partial charge is 0.261 e. The third-order valence-corrected chi connectivity index (χ3v) is 4.50. The number of hydrogen-bond donors (Lipinski definition) is 1. The standard InChI is InChI=1S/C15H14N4O2S/c1-12-2-5-14(6-3-12)22(20,21)18-13-4-7-15(17-10-13)19-9-8-16-11-19/h2-11,18H,1H3. The summed E-state index contributed by atoms with van der Waals surface area (Å²) in [4.78, 5) is 8.37. The highest BCUT2D eigenvalue weighted by Crippen LogP contribution is 2.16. The first-order chi connectivity index (χ1) is 10.5. The van der Waals surface area contributed by atoms with Crippen molar-refractivity contribution in [2.24, 2.45) is 0 Å². The minimum Gasteiger partial charge on any atom is -0.291 e. The molecule has 22 heavy (non-hydrogen) atoms. The van der Waals surface area contributed by atoms with Gasteiger partial charge >= 0.3 is 0 Å². The topological polar surface area (TPSA) is 76.9 Å². The number of benzene rings is 1. The van der Waals surface area contributed by atoms with Crippen LogP contribution in [0.3, 0.4) is 0 Å². The first-order valence-corrected chi connectivity index (χ1v) is 8.07. The molecule has 0 radical (unpaired) electrons. The van der Waals surface area contributed by atoms with Crippen LogP contribution in [0.2, 0.25) is 0 Å². The Kier molecular flexibility index (Phi) is 3.64. The van der Waals surface area contributed by atoms with Crippen LogP contribution in [0.15, 0.2) is 66.2 Å². The predicted molar refractivity (Wildman–Crippen MR) is 83.3 cm³/mol. The zero-order valence-electron chi connectivity index (χ0n) is 11.8. The van der Waals surface area contributed by atoms with E-state index in [1.54, 1.807) is 59.7 Å². The molecular formula is C15H14N4O2S. The van der Waals surface area contributed by atoms with Gasteiger partial charge in [0.15, 0.2) is 0 Å². The lowest BCUT2D eigenvalue weighted by Gasteiger charge is -2.09. The van der Waals surface area contributed by atoms with Gasteiger partial charge in [0.2, 0.25) is 0 Å². The second-order valence-electron chi connectivity index (χ2n) is 4.79. The predicted octanol–water partition coefficient (Wildman–Crippen LogP) is 2.38. The molecule has 1 N–H and O–H groups in total. The van der Waals surface area contributed by atoms with Gasteiger partial charge in [-0.1, -0.05) is 17.7 Å². The van der Waals surface area contributed by atoms with Gasteiger partial charge in [0, 0.05) is 12.4 Å². The van der Waals surface area contributed by atoms with Crippen LogP contribution in [0, 0.1) is 6.92 Å². The van der Waals surface area contributed by atoms with Gasteiger partial charge in [-0.2, -0.15) is 0 Å². The first-order valence-electron chi connectivity index (χ1n) is 6.58. The second-order valence-corrected chi connectivity index (χ2v) is 6.48. The minimum atomic E-state index is -3.61. The summed E-state index contributed by atoms with van der Waals surface area (Å²) in [5.74, 6) is 0.663. The van der Waals surface area contributed by atoms with Crippen LogP contribution in [-0.2, 0) is 10.0 Å². The van der Waals surface area contributed by atoms with Gasteiger partial charge in [0.25, 0.3) is 10.0 Å². The molecule has 3 aromatic rings. The molecule has 2 heterocycles. The highest BCUT2D eigenvalue weighted by Gasteiger charge is 2.13. The summed E-state index contributed by atoms with van der Waals surface area (Å²) < 4.78 is 28.8. The summed E-state index contributed by atoms with van der Waals surface area (Å²) in [6.45, 7) is 1.91. The maximum atomic E-state index is 12.3. The summed E-state index contributed by atoms with van der Waals surface area (Å²) >= 11 is 0. The average Bonchev–Trinajstić information content (AvgIpc) is 3.02. The molecule has 0 atom stereocenters. The van der Waals surface area contributed by atoms with E-state index in [-0.39, 0.29) is 4.90 Å². The summed E-state index contributed by atoms with van der Waals surface area (Å²) in [5, 5.41) is 0. The summed E-state index contributed by atoms with van der Waals surface area (Å²) in [6.07, 6.45) is 6.51. The SMILES string of the molecule is Cc1ccc(S(=O)(=O)Nc2ccc(-n3ccnc3)nc2)cc1. The fourth-order valence-electron chi connectivity index (χ4n) is 1.93. The van der Waals surface area contributed by atoms with Crippen molar-refractivity contribution in [2.45, 2.75) is 11.8 Å². The number of nitrogens with zero attached hydrogens (tertiary/aromatic N) is 3. The third-order valence-electron chi connectivity index (χ3n) is 3.10. The van der Waals surface area contributed by atoms with E-state index in [1.807, 2.05) is 6.92 Å². The molecule has 0 aliphatic rings. The van der Waals surface area contributed by atoms with Gasteiger partial charge < -0.3 is 0 Å². The number of imidazole rings is 1. The van der Waals surface area contributed by atoms with Gasteiger partial charge in [0.05, 0.1) is 16.8 Å². The zero-order valence-corrected chi connectivity index (χ0v) is 12.7. The van der Waals surface area contributed by atoms with Crippen LogP contribution in [0.4, 0.5) is 5.69 Å². The number of hydrogen-bond acceptors (Lipinski definition) is 4. The number of nitrogens with one attached hydrogen (secondary N) is 1. The summed E-state index contributed by atoms with van der Waals surface area (Å²) in [6, 6.07) is 10.0. The fraction of sp³-hybridized carbons (Fsp3) is 0.0667. The number of sulfonamides is 1. The van der Waals surface area contributed by atoms with E-state index in [1.165, 1.54) is 6.20 Å². The van der Waals surface area contributed by atoms with Crippen molar-refractivity contribution in [2.75, 3.05) is 4.72 Å². The van der Waals surface area contributed by atoms with E-state index < -0.39 is 10.0 Å². The third kappa shape index (κ3) is 2.99. The molecule has 0 saturated heterocycles. The summed E-state index contributed by atoms with van der Waals surface area (Å²) in [5.41, 5.74) is 1.41. The quantitative estimate of drug-likeness (QED) is 0.802. The number of pyridine rings is 1. The van der Waals surface area contributed by atoms with Crippen molar-refractivity contribution in [3.05, 3.63) is 66.9 Å². The molecular weight excluding hydrogens is 300 g/mol. The average molecular weight is 314 g/mol. The Labute approximate surface area is 128 Å². The fourth-order valence-corrected chi connectivity index (χ4v) is 2.97. The molecule has 3 rings (SSSR count). The summed E-state index contributed by atoms with van der Waals surface area (Å²) in [7, 11) is -3.61. The van der Waals surface area contributed by atoms with Gasteiger partial charge in [-0.3, -0.25) is 9.29 Å². The minimum absolute atomic E-state index is 0.219. The van der Waals surface area contributed by atoms with E-state index in [4.69, 9.17) is 0 Å². The second kappa shape index (κ2) is 5.61. The molecule has 2 aromatic heterocycles. The van der Waals surface area contributed by atoms with Crippen LogP contribution < -0.4 is 4.72 Å². The molecule has 0 fully saturated rings. The van der Waals surface area contributed by atoms with Crippen LogP contribution in [0.25, 0.3) is 5.82 Å². The van der Waals surface area contributed by atoms with Crippen molar-refractivity contribution in [1.82, 2.24) is 14.5 Å². The van der Waals surface area contributed by atoms with Crippen molar-refractivity contribution in [1.29, 1.82) is 0 Å². The van der Waals surface area contributed by atoms with E-state index in [2.05, 4.69) is 14.7 Å². The van der Waals surface area contributed by atoms with Crippen molar-refractivity contribution in [3.8, 4) is 5.82 Å². The monoisotopic (exact) mass is 314 g/mol. The molecule has 7 heteroatoms. The Hall–Kier alpha value is -2.67. The molecule has 0 amide bonds. The normalized spacial score (nSPS) is 11.3. The molecule has 6 nitrogen and oxygen atoms in total. The van der Waals surface area contributed by atoms with Gasteiger partial charge in [-0.05, 0) is 31.2 Å². The Morgan fingerprint density at radius 3 is 2.45 bits per heavy atom. The van der Waals surface area contributed by atoms with Crippen LogP contribution in [0.1, 0.15) is 5.56 Å². The molecule has 0 aliphatic carbocycles. The maximum absolute atomic E-state index is 12.3. The van der Waals surface area contributed by atoms with Gasteiger partial charge in [-0.25, -0.2) is 18.4 Å². The van der Waals surface area contributed by atoms with E-state index in [9.17, 15) is 8.42 Å². The van der Waals surface area contributed by atoms with Crippen LogP contribution >= 0.6 is 0 Å². The molecule has 0 unspecified atom stereocenters. The molecule has 0 bridgehead atoms. The van der Waals surface area contributed by atoms with Crippen LogP contribution in [0.5, 0.6) is 0 Å².